The van der Waals surface area contributed by atoms with Crippen LogP contribution in [0.4, 0.5) is 11.4 Å². The molecular formula is C39H35N3O3S. The van der Waals surface area contributed by atoms with E-state index in [-0.39, 0.29) is 17.5 Å². The molecule has 0 saturated carbocycles. The Bertz CT molecular complexity index is 1850. The fourth-order valence-electron chi connectivity index (χ4n) is 4.92. The van der Waals surface area contributed by atoms with Crippen LogP contribution in [0.3, 0.4) is 0 Å². The molecule has 0 aliphatic carbocycles. The van der Waals surface area contributed by atoms with Crippen LogP contribution in [0.25, 0.3) is 6.08 Å². The highest BCUT2D eigenvalue weighted by atomic mass is 32.2. The zero-order chi connectivity index (χ0) is 32.5. The molecule has 3 N–H and O–H groups in total. The first-order valence-corrected chi connectivity index (χ1v) is 15.8. The first-order chi connectivity index (χ1) is 22.3. The van der Waals surface area contributed by atoms with Crippen molar-refractivity contribution in [1.82, 2.24) is 5.32 Å². The van der Waals surface area contributed by atoms with Gasteiger partial charge >= 0.3 is 0 Å². The summed E-state index contributed by atoms with van der Waals surface area (Å²) >= 11 is 1.43. The molecule has 3 amide bonds. The van der Waals surface area contributed by atoms with Gasteiger partial charge in [0.1, 0.15) is 10.9 Å². The van der Waals surface area contributed by atoms with Gasteiger partial charge in [0.05, 0.1) is 0 Å². The second kappa shape index (κ2) is 15.1. The zero-order valence-electron chi connectivity index (χ0n) is 25.9. The van der Waals surface area contributed by atoms with Crippen molar-refractivity contribution < 1.29 is 14.4 Å². The fourth-order valence-corrected chi connectivity index (χ4v) is 5.95. The molecule has 7 heteroatoms. The lowest BCUT2D eigenvalue weighted by Gasteiger charge is -2.19. The molecule has 0 spiro atoms. The van der Waals surface area contributed by atoms with E-state index in [1.165, 1.54) is 11.8 Å². The van der Waals surface area contributed by atoms with Gasteiger partial charge in [0.15, 0.2) is 0 Å². The average Bonchev–Trinajstić information content (AvgIpc) is 3.06. The summed E-state index contributed by atoms with van der Waals surface area (Å²) < 4.78 is 0. The molecule has 0 saturated heterocycles. The highest BCUT2D eigenvalue weighted by Crippen LogP contribution is 2.37. The Kier molecular flexibility index (Phi) is 10.5. The summed E-state index contributed by atoms with van der Waals surface area (Å²) in [6, 6.07) is 39.4. The molecule has 5 aromatic carbocycles. The van der Waals surface area contributed by atoms with Gasteiger partial charge in [-0.3, -0.25) is 14.4 Å². The van der Waals surface area contributed by atoms with Crippen LogP contribution in [-0.4, -0.2) is 17.7 Å². The lowest BCUT2D eigenvalue weighted by atomic mass is 10.1. The van der Waals surface area contributed by atoms with Gasteiger partial charge in [-0.2, -0.15) is 0 Å². The van der Waals surface area contributed by atoms with Crippen LogP contribution in [0.2, 0.25) is 0 Å². The smallest absolute Gasteiger partial charge is 0.272 e. The predicted octanol–water partition coefficient (Wildman–Crippen LogP) is 8.49. The third-order valence-electron chi connectivity index (χ3n) is 7.32. The molecule has 1 atom stereocenters. The number of carbonyl (C=O) groups excluding carboxylic acids is 3. The highest BCUT2D eigenvalue weighted by Gasteiger charge is 2.23. The number of aryl methyl sites for hydroxylation is 3. The van der Waals surface area contributed by atoms with Gasteiger partial charge in [-0.1, -0.05) is 96.6 Å². The Balaban J connectivity index is 1.34. The molecule has 0 aliphatic rings. The van der Waals surface area contributed by atoms with Crippen molar-refractivity contribution >= 4 is 46.9 Å². The van der Waals surface area contributed by atoms with Crippen molar-refractivity contribution in [2.24, 2.45) is 0 Å². The Morgan fingerprint density at radius 3 is 1.96 bits per heavy atom. The maximum atomic E-state index is 13.6. The quantitative estimate of drug-likeness (QED) is 0.107. The van der Waals surface area contributed by atoms with Crippen molar-refractivity contribution in [2.75, 3.05) is 10.6 Å². The predicted molar refractivity (Wildman–Crippen MR) is 188 cm³/mol. The number of carbonyl (C=O) groups is 3. The minimum atomic E-state index is -0.502. The normalized spacial score (nSPS) is 11.8. The molecule has 0 aliphatic heterocycles. The number of hydrogen-bond acceptors (Lipinski definition) is 4. The van der Waals surface area contributed by atoms with Crippen molar-refractivity contribution in [2.45, 2.75) is 30.9 Å². The minimum absolute atomic E-state index is 0.116. The summed E-state index contributed by atoms with van der Waals surface area (Å²) in [4.78, 5) is 41.0. The molecule has 6 nitrogen and oxygen atoms in total. The van der Waals surface area contributed by atoms with Crippen LogP contribution in [0.15, 0.2) is 138 Å². The van der Waals surface area contributed by atoms with Gasteiger partial charge < -0.3 is 16.0 Å². The number of hydrogen-bond donors (Lipinski definition) is 3. The fraction of sp³-hybridized carbons (Fsp3) is 0.103. The number of benzene rings is 5. The number of rotatable bonds is 10. The van der Waals surface area contributed by atoms with Crippen LogP contribution in [0.1, 0.15) is 43.4 Å². The topological polar surface area (TPSA) is 87.3 Å². The highest BCUT2D eigenvalue weighted by molar-refractivity contribution is 8.00. The number of thioether (sulfide) groups is 1. The van der Waals surface area contributed by atoms with E-state index in [9.17, 15) is 14.4 Å². The van der Waals surface area contributed by atoms with Crippen LogP contribution in [0, 0.1) is 20.8 Å². The third-order valence-corrected chi connectivity index (χ3v) is 8.58. The average molecular weight is 626 g/mol. The maximum absolute atomic E-state index is 13.6. The van der Waals surface area contributed by atoms with E-state index in [0.29, 0.717) is 11.3 Å². The van der Waals surface area contributed by atoms with Crippen LogP contribution in [0.5, 0.6) is 0 Å². The molecule has 46 heavy (non-hydrogen) atoms. The van der Waals surface area contributed by atoms with Crippen molar-refractivity contribution in [3.8, 4) is 0 Å². The third kappa shape index (κ3) is 8.40. The first-order valence-electron chi connectivity index (χ1n) is 14.9. The molecule has 0 bridgehead atoms. The molecule has 0 radical (unpaired) electrons. The summed E-state index contributed by atoms with van der Waals surface area (Å²) in [6.07, 6.45) is 1.66. The van der Waals surface area contributed by atoms with Gasteiger partial charge in [0, 0.05) is 21.8 Å². The first kappa shape index (κ1) is 32.0. The molecule has 0 aromatic heterocycles. The summed E-state index contributed by atoms with van der Waals surface area (Å²) in [5, 5.41) is 8.32. The number of amides is 3. The Hall–Kier alpha value is -5.40. The number of nitrogens with one attached hydrogen (secondary N) is 3. The Morgan fingerprint density at radius 1 is 0.674 bits per heavy atom. The van der Waals surface area contributed by atoms with E-state index < -0.39 is 11.2 Å². The van der Waals surface area contributed by atoms with Crippen LogP contribution >= 0.6 is 11.8 Å². The minimum Gasteiger partial charge on any atom is -0.324 e. The maximum Gasteiger partial charge on any atom is 0.272 e. The second-order valence-electron chi connectivity index (χ2n) is 10.9. The van der Waals surface area contributed by atoms with Gasteiger partial charge in [0.25, 0.3) is 11.8 Å². The standard InChI is InChI=1S/C39H35N3O3S/c1-26-12-10-15-29(24-26)25-34(41-37(43)31-18-8-5-9-19-31)38(44)40-32-20-22-33(23-21-32)46-36(30-16-6-4-7-17-30)39(45)42-35-27(2)13-11-14-28(35)3/h4-25,36H,1-3H3,(H,40,44)(H,41,43)(H,42,45)/b34-25-. The zero-order valence-corrected chi connectivity index (χ0v) is 26.7. The summed E-state index contributed by atoms with van der Waals surface area (Å²) in [7, 11) is 0. The molecular weight excluding hydrogens is 591 g/mol. The van der Waals surface area contributed by atoms with Crippen LogP contribution in [-0.2, 0) is 9.59 Å². The van der Waals surface area contributed by atoms with E-state index in [2.05, 4.69) is 16.0 Å². The van der Waals surface area contributed by atoms with Gasteiger partial charge in [-0.05, 0) is 85.5 Å². The molecule has 0 fully saturated rings. The number of anilines is 2. The lowest BCUT2D eigenvalue weighted by Crippen LogP contribution is -2.30. The Labute approximate surface area is 274 Å². The van der Waals surface area contributed by atoms with E-state index in [1.807, 2.05) is 112 Å². The van der Waals surface area contributed by atoms with Crippen molar-refractivity contribution in [3.05, 3.63) is 166 Å². The van der Waals surface area contributed by atoms with Gasteiger partial charge in [0.2, 0.25) is 5.91 Å². The SMILES string of the molecule is Cc1cccc(/C=C(\NC(=O)c2ccccc2)C(=O)Nc2ccc(SC(C(=O)Nc3c(C)cccc3C)c3ccccc3)cc2)c1. The molecule has 230 valence electrons. The van der Waals surface area contributed by atoms with E-state index >= 15 is 0 Å². The van der Waals surface area contributed by atoms with E-state index in [0.717, 1.165) is 38.4 Å². The van der Waals surface area contributed by atoms with Crippen LogP contribution < -0.4 is 16.0 Å². The summed E-state index contributed by atoms with van der Waals surface area (Å²) in [5.74, 6) is -0.958. The van der Waals surface area contributed by atoms with Crippen molar-refractivity contribution in [1.29, 1.82) is 0 Å². The number of para-hydroxylation sites is 1. The van der Waals surface area contributed by atoms with Crippen molar-refractivity contribution in [3.63, 3.8) is 0 Å². The monoisotopic (exact) mass is 625 g/mol. The second-order valence-corrected chi connectivity index (χ2v) is 12.1. The van der Waals surface area contributed by atoms with Gasteiger partial charge in [-0.15, -0.1) is 11.8 Å². The molecule has 5 rings (SSSR count). The molecule has 0 heterocycles. The lowest BCUT2D eigenvalue weighted by molar-refractivity contribution is -0.116. The van der Waals surface area contributed by atoms with E-state index in [4.69, 9.17) is 0 Å². The molecule has 5 aromatic rings. The largest absolute Gasteiger partial charge is 0.324 e. The summed E-state index contributed by atoms with van der Waals surface area (Å²) in [6.45, 7) is 5.93. The van der Waals surface area contributed by atoms with Gasteiger partial charge in [-0.25, -0.2) is 0 Å². The Morgan fingerprint density at radius 2 is 1.30 bits per heavy atom. The molecule has 1 unspecified atom stereocenters. The summed E-state index contributed by atoms with van der Waals surface area (Å²) in [5.41, 5.74) is 6.64. The van der Waals surface area contributed by atoms with E-state index in [1.54, 1.807) is 42.5 Å².